The summed E-state index contributed by atoms with van der Waals surface area (Å²) in [6, 6.07) is 0.496. The minimum atomic E-state index is -0.106. The van der Waals surface area contributed by atoms with Crippen LogP contribution in [0.4, 0.5) is 5.95 Å². The van der Waals surface area contributed by atoms with E-state index in [9.17, 15) is 4.79 Å². The van der Waals surface area contributed by atoms with Crippen molar-refractivity contribution in [3.05, 3.63) is 19.6 Å². The molecule has 0 radical (unpaired) electrons. The minimum absolute atomic E-state index is 0.0522. The maximum absolute atomic E-state index is 11.8. The van der Waals surface area contributed by atoms with Crippen LogP contribution < -0.4 is 10.9 Å². The fourth-order valence-corrected chi connectivity index (χ4v) is 2.51. The summed E-state index contributed by atoms with van der Waals surface area (Å²) in [5.41, 5.74) is 0.703. The van der Waals surface area contributed by atoms with Crippen molar-refractivity contribution in [2.45, 2.75) is 45.1 Å². The zero-order chi connectivity index (χ0) is 11.9. The van der Waals surface area contributed by atoms with Gasteiger partial charge in [-0.1, -0.05) is 20.8 Å². The smallest absolute Gasteiger partial charge is 0.266 e. The molecule has 1 fully saturated rings. The Morgan fingerprint density at radius 1 is 1.44 bits per heavy atom. The highest BCUT2D eigenvalue weighted by Gasteiger charge is 2.25. The molecule has 0 aliphatic heterocycles. The van der Waals surface area contributed by atoms with Crippen molar-refractivity contribution in [2.24, 2.45) is 0 Å². The van der Waals surface area contributed by atoms with Crippen molar-refractivity contribution >= 4 is 28.5 Å². The molecular weight excluding hydrogens is 317 g/mol. The van der Waals surface area contributed by atoms with Gasteiger partial charge in [0, 0.05) is 11.5 Å². The molecule has 1 aliphatic rings. The van der Waals surface area contributed by atoms with E-state index in [2.05, 4.69) is 58.6 Å². The molecule has 0 aromatic carbocycles. The molecule has 5 heteroatoms. The second kappa shape index (κ2) is 4.01. The first kappa shape index (κ1) is 11.9. The third kappa shape index (κ3) is 2.56. The van der Waals surface area contributed by atoms with Crippen molar-refractivity contribution in [1.82, 2.24) is 9.97 Å². The van der Waals surface area contributed by atoms with E-state index in [-0.39, 0.29) is 11.0 Å². The van der Waals surface area contributed by atoms with Crippen molar-refractivity contribution in [1.29, 1.82) is 0 Å². The van der Waals surface area contributed by atoms with Crippen LogP contribution in [0.5, 0.6) is 0 Å². The number of aromatic nitrogens is 2. The zero-order valence-electron chi connectivity index (χ0n) is 9.72. The van der Waals surface area contributed by atoms with E-state index in [1.807, 2.05) is 0 Å². The SMILES string of the molecule is CC(C)(C)c1nc(NC2CC2)[nH]c(=O)c1I. The van der Waals surface area contributed by atoms with Gasteiger partial charge in [-0.25, -0.2) is 4.98 Å². The molecule has 1 aromatic heterocycles. The van der Waals surface area contributed by atoms with Crippen LogP contribution in [0.1, 0.15) is 39.3 Å². The first-order valence-corrected chi connectivity index (χ1v) is 6.52. The topological polar surface area (TPSA) is 57.8 Å². The fraction of sp³-hybridized carbons (Fsp3) is 0.636. The lowest BCUT2D eigenvalue weighted by Crippen LogP contribution is -2.25. The van der Waals surface area contributed by atoms with Gasteiger partial charge >= 0.3 is 0 Å². The van der Waals surface area contributed by atoms with Crippen LogP contribution in [0.25, 0.3) is 0 Å². The summed E-state index contributed by atoms with van der Waals surface area (Å²) >= 11 is 2.06. The second-order valence-corrected chi connectivity index (χ2v) is 6.32. The van der Waals surface area contributed by atoms with E-state index >= 15 is 0 Å². The maximum atomic E-state index is 11.8. The predicted molar refractivity (Wildman–Crippen MR) is 72.9 cm³/mol. The van der Waals surface area contributed by atoms with Crippen LogP contribution in [0.15, 0.2) is 4.79 Å². The average molecular weight is 333 g/mol. The Balaban J connectivity index is 2.42. The van der Waals surface area contributed by atoms with Crippen molar-refractivity contribution in [3.8, 4) is 0 Å². The monoisotopic (exact) mass is 333 g/mol. The van der Waals surface area contributed by atoms with E-state index < -0.39 is 0 Å². The van der Waals surface area contributed by atoms with Gasteiger partial charge in [0.05, 0.1) is 5.69 Å². The summed E-state index contributed by atoms with van der Waals surface area (Å²) in [6.07, 6.45) is 2.33. The molecule has 2 N–H and O–H groups in total. The Morgan fingerprint density at radius 3 is 2.56 bits per heavy atom. The Hall–Kier alpha value is -0.590. The van der Waals surface area contributed by atoms with Gasteiger partial charge in [0.1, 0.15) is 3.57 Å². The number of H-pyrrole nitrogens is 1. The molecule has 1 aromatic rings. The van der Waals surface area contributed by atoms with Gasteiger partial charge in [-0.3, -0.25) is 9.78 Å². The molecule has 88 valence electrons. The predicted octanol–water partition coefficient (Wildman–Crippen LogP) is 2.25. The minimum Gasteiger partial charge on any atom is -0.353 e. The lowest BCUT2D eigenvalue weighted by molar-refractivity contribution is 0.562. The highest BCUT2D eigenvalue weighted by Crippen LogP contribution is 2.26. The summed E-state index contributed by atoms with van der Waals surface area (Å²) in [4.78, 5) is 19.1. The molecule has 4 nitrogen and oxygen atoms in total. The molecule has 0 unspecified atom stereocenters. The van der Waals surface area contributed by atoms with Crippen LogP contribution in [0.3, 0.4) is 0 Å². The summed E-state index contributed by atoms with van der Waals surface area (Å²) in [5.74, 6) is 0.609. The molecule has 1 aliphatic carbocycles. The lowest BCUT2D eigenvalue weighted by Gasteiger charge is -2.19. The number of hydrogen-bond acceptors (Lipinski definition) is 3. The van der Waals surface area contributed by atoms with Crippen LogP contribution in [0.2, 0.25) is 0 Å². The second-order valence-electron chi connectivity index (χ2n) is 5.25. The van der Waals surface area contributed by atoms with Crippen molar-refractivity contribution in [2.75, 3.05) is 5.32 Å². The molecular formula is C11H16IN3O. The van der Waals surface area contributed by atoms with Gasteiger partial charge in [-0.05, 0) is 35.4 Å². The highest BCUT2D eigenvalue weighted by atomic mass is 127. The van der Waals surface area contributed by atoms with E-state index in [4.69, 9.17) is 0 Å². The lowest BCUT2D eigenvalue weighted by atomic mass is 9.92. The highest BCUT2D eigenvalue weighted by molar-refractivity contribution is 14.1. The molecule has 0 saturated heterocycles. The molecule has 0 bridgehead atoms. The van der Waals surface area contributed by atoms with Crippen LogP contribution >= 0.6 is 22.6 Å². The molecule has 0 amide bonds. The van der Waals surface area contributed by atoms with E-state index in [1.54, 1.807) is 0 Å². The number of nitrogens with one attached hydrogen (secondary N) is 2. The summed E-state index contributed by atoms with van der Waals surface area (Å²) < 4.78 is 0.687. The van der Waals surface area contributed by atoms with Crippen molar-refractivity contribution < 1.29 is 0 Å². The molecule has 16 heavy (non-hydrogen) atoms. The average Bonchev–Trinajstić information content (AvgIpc) is 2.93. The molecule has 1 heterocycles. The van der Waals surface area contributed by atoms with Gasteiger partial charge in [0.15, 0.2) is 0 Å². The number of anilines is 1. The number of nitrogens with zero attached hydrogens (tertiary/aromatic N) is 1. The third-order valence-corrected chi connectivity index (χ3v) is 3.49. The van der Waals surface area contributed by atoms with Crippen LogP contribution in [-0.4, -0.2) is 16.0 Å². The van der Waals surface area contributed by atoms with Crippen LogP contribution in [-0.2, 0) is 5.41 Å². The Morgan fingerprint density at radius 2 is 2.06 bits per heavy atom. The van der Waals surface area contributed by atoms with E-state index in [1.165, 1.54) is 12.8 Å². The summed E-state index contributed by atoms with van der Waals surface area (Å²) in [7, 11) is 0. The molecule has 1 saturated carbocycles. The summed E-state index contributed by atoms with van der Waals surface area (Å²) in [5, 5.41) is 3.23. The Bertz CT molecular complexity index is 457. The maximum Gasteiger partial charge on any atom is 0.266 e. The third-order valence-electron chi connectivity index (χ3n) is 2.49. The Labute approximate surface area is 108 Å². The van der Waals surface area contributed by atoms with Gasteiger partial charge in [-0.15, -0.1) is 0 Å². The first-order valence-electron chi connectivity index (χ1n) is 5.45. The Kier molecular flexibility index (Phi) is 2.98. The van der Waals surface area contributed by atoms with E-state index in [0.717, 1.165) is 5.69 Å². The number of aromatic amines is 1. The standard InChI is InChI=1S/C11H16IN3O/c1-11(2,3)8-7(12)9(16)15-10(14-8)13-6-4-5-6/h6H,4-5H2,1-3H3,(H2,13,14,15,16). The number of halogens is 1. The first-order chi connectivity index (χ1) is 7.38. The largest absolute Gasteiger partial charge is 0.353 e. The molecule has 0 atom stereocenters. The van der Waals surface area contributed by atoms with Crippen LogP contribution in [0, 0.1) is 3.57 Å². The fourth-order valence-electron chi connectivity index (χ4n) is 1.45. The number of hydrogen-bond donors (Lipinski definition) is 2. The van der Waals surface area contributed by atoms with Gasteiger partial charge in [0.2, 0.25) is 5.95 Å². The molecule has 2 rings (SSSR count). The van der Waals surface area contributed by atoms with E-state index in [0.29, 0.717) is 15.6 Å². The quantitative estimate of drug-likeness (QED) is 0.816. The zero-order valence-corrected chi connectivity index (χ0v) is 11.9. The van der Waals surface area contributed by atoms with Crippen molar-refractivity contribution in [3.63, 3.8) is 0 Å². The number of rotatable bonds is 2. The van der Waals surface area contributed by atoms with Gasteiger partial charge in [-0.2, -0.15) is 0 Å². The normalized spacial score (nSPS) is 16.2. The van der Waals surface area contributed by atoms with Gasteiger partial charge in [0.25, 0.3) is 5.56 Å². The van der Waals surface area contributed by atoms with Gasteiger partial charge < -0.3 is 5.32 Å². The summed E-state index contributed by atoms with van der Waals surface area (Å²) in [6.45, 7) is 6.20. The molecule has 0 spiro atoms.